The third kappa shape index (κ3) is 4.53. The number of nitrogens with one attached hydrogen (secondary N) is 2. The maximum Gasteiger partial charge on any atom is 0.328 e. The van der Waals surface area contributed by atoms with E-state index in [0.717, 1.165) is 6.42 Å². The number of benzene rings is 2. The van der Waals surface area contributed by atoms with Gasteiger partial charge in [0.25, 0.3) is 5.56 Å². The average Bonchev–Trinajstić information content (AvgIpc) is 2.68. The molecule has 0 radical (unpaired) electrons. The van der Waals surface area contributed by atoms with Gasteiger partial charge in [0.15, 0.2) is 0 Å². The first-order chi connectivity index (χ1) is 13.1. The number of aryl methyl sites for hydroxylation is 1. The van der Waals surface area contributed by atoms with Crippen LogP contribution in [0.25, 0.3) is 10.9 Å². The number of hydrogen-bond acceptors (Lipinski definition) is 3. The Hall–Kier alpha value is -3.15. The normalized spacial score (nSPS) is 12.0. The highest BCUT2D eigenvalue weighted by Crippen LogP contribution is 2.17. The minimum Gasteiger partial charge on any atom is -0.356 e. The Labute approximate surface area is 156 Å². The van der Waals surface area contributed by atoms with Crippen LogP contribution in [0.15, 0.2) is 64.2 Å². The van der Waals surface area contributed by atoms with Crippen LogP contribution in [-0.2, 0) is 11.3 Å². The van der Waals surface area contributed by atoms with Crippen LogP contribution in [0.5, 0.6) is 0 Å². The van der Waals surface area contributed by atoms with E-state index in [2.05, 4.69) is 29.4 Å². The summed E-state index contributed by atoms with van der Waals surface area (Å²) in [5.74, 6) is 0.245. The molecule has 0 saturated heterocycles. The fourth-order valence-corrected chi connectivity index (χ4v) is 3.14. The van der Waals surface area contributed by atoms with Crippen molar-refractivity contribution in [1.82, 2.24) is 14.9 Å². The molecule has 3 rings (SSSR count). The summed E-state index contributed by atoms with van der Waals surface area (Å²) in [4.78, 5) is 38.4. The molecule has 6 nitrogen and oxygen atoms in total. The number of para-hydroxylation sites is 1. The number of amides is 1. The molecule has 0 saturated carbocycles. The number of aromatic amines is 1. The molecular weight excluding hydrogens is 342 g/mol. The summed E-state index contributed by atoms with van der Waals surface area (Å²) in [6.07, 6.45) is 1.02. The molecular formula is C21H23N3O3. The maximum atomic E-state index is 12.2. The van der Waals surface area contributed by atoms with E-state index >= 15 is 0 Å². The Bertz CT molecular complexity index is 1040. The number of hydrogen-bond donors (Lipinski definition) is 2. The number of carbonyl (C=O) groups excluding carboxylic acids is 1. The summed E-state index contributed by atoms with van der Waals surface area (Å²) in [7, 11) is 0. The fraction of sp³-hybridized carbons (Fsp3) is 0.286. The van der Waals surface area contributed by atoms with Gasteiger partial charge >= 0.3 is 5.69 Å². The zero-order chi connectivity index (χ0) is 19.2. The Kier molecular flexibility index (Phi) is 5.86. The molecule has 1 unspecified atom stereocenters. The third-order valence-electron chi connectivity index (χ3n) is 4.74. The molecule has 6 heteroatoms. The molecule has 0 aliphatic rings. The average molecular weight is 365 g/mol. The van der Waals surface area contributed by atoms with Crippen LogP contribution in [0.4, 0.5) is 0 Å². The second kappa shape index (κ2) is 8.49. The van der Waals surface area contributed by atoms with Gasteiger partial charge in [-0.15, -0.1) is 0 Å². The summed E-state index contributed by atoms with van der Waals surface area (Å²) in [5.41, 5.74) is 0.880. The van der Waals surface area contributed by atoms with Gasteiger partial charge in [0.2, 0.25) is 5.91 Å². The van der Waals surface area contributed by atoms with Crippen LogP contribution in [-0.4, -0.2) is 22.0 Å². The second-order valence-corrected chi connectivity index (χ2v) is 6.63. The lowest BCUT2D eigenvalue weighted by atomic mass is 9.98. The van der Waals surface area contributed by atoms with Crippen LogP contribution < -0.4 is 16.6 Å². The monoisotopic (exact) mass is 365 g/mol. The van der Waals surface area contributed by atoms with Gasteiger partial charge in [-0.2, -0.15) is 0 Å². The number of fused-ring (bicyclic) bond motifs is 1. The summed E-state index contributed by atoms with van der Waals surface area (Å²) >= 11 is 0. The number of aromatic nitrogens is 2. The quantitative estimate of drug-likeness (QED) is 0.674. The molecule has 0 aliphatic heterocycles. The predicted molar refractivity (Wildman–Crippen MR) is 106 cm³/mol. The number of nitrogens with zero attached hydrogens (tertiary/aromatic N) is 1. The minimum absolute atomic E-state index is 0.113. The van der Waals surface area contributed by atoms with Crippen LogP contribution in [0.1, 0.15) is 31.2 Å². The molecule has 2 aromatic carbocycles. The van der Waals surface area contributed by atoms with E-state index in [1.807, 2.05) is 18.2 Å². The van der Waals surface area contributed by atoms with E-state index in [4.69, 9.17) is 0 Å². The molecule has 0 fully saturated rings. The van der Waals surface area contributed by atoms with Crippen molar-refractivity contribution in [3.8, 4) is 0 Å². The van der Waals surface area contributed by atoms with Crippen molar-refractivity contribution in [2.75, 3.05) is 6.54 Å². The summed E-state index contributed by atoms with van der Waals surface area (Å²) < 4.78 is 1.43. The predicted octanol–water partition coefficient (Wildman–Crippen LogP) is 2.39. The van der Waals surface area contributed by atoms with Crippen molar-refractivity contribution in [1.29, 1.82) is 0 Å². The molecule has 2 N–H and O–H groups in total. The van der Waals surface area contributed by atoms with Crippen LogP contribution in [0.3, 0.4) is 0 Å². The van der Waals surface area contributed by atoms with E-state index in [-0.39, 0.29) is 18.9 Å². The van der Waals surface area contributed by atoms with Gasteiger partial charge in [-0.25, -0.2) is 4.79 Å². The number of carbonyl (C=O) groups is 1. The zero-order valence-corrected chi connectivity index (χ0v) is 15.3. The molecule has 3 aromatic rings. The lowest BCUT2D eigenvalue weighted by Gasteiger charge is -2.13. The van der Waals surface area contributed by atoms with Crippen molar-refractivity contribution >= 4 is 16.8 Å². The molecule has 0 bridgehead atoms. The van der Waals surface area contributed by atoms with E-state index in [9.17, 15) is 14.4 Å². The molecule has 1 atom stereocenters. The molecule has 1 heterocycles. The molecule has 140 valence electrons. The van der Waals surface area contributed by atoms with Crippen molar-refractivity contribution < 1.29 is 4.79 Å². The minimum atomic E-state index is -0.496. The third-order valence-corrected chi connectivity index (χ3v) is 4.74. The van der Waals surface area contributed by atoms with Gasteiger partial charge in [0.1, 0.15) is 0 Å². The highest BCUT2D eigenvalue weighted by Gasteiger charge is 2.10. The van der Waals surface area contributed by atoms with Crippen LogP contribution in [0.2, 0.25) is 0 Å². The topological polar surface area (TPSA) is 84.0 Å². The van der Waals surface area contributed by atoms with Crippen molar-refractivity contribution in [2.45, 2.75) is 32.2 Å². The smallest absolute Gasteiger partial charge is 0.328 e. The van der Waals surface area contributed by atoms with Crippen molar-refractivity contribution in [3.63, 3.8) is 0 Å². The van der Waals surface area contributed by atoms with E-state index in [1.165, 1.54) is 10.1 Å². The molecule has 0 aliphatic carbocycles. The fourth-order valence-electron chi connectivity index (χ4n) is 3.14. The molecule has 27 heavy (non-hydrogen) atoms. The highest BCUT2D eigenvalue weighted by atomic mass is 16.2. The number of H-pyrrole nitrogens is 1. The molecule has 1 aromatic heterocycles. The Morgan fingerprint density at radius 2 is 1.78 bits per heavy atom. The maximum absolute atomic E-state index is 12.2. The lowest BCUT2D eigenvalue weighted by molar-refractivity contribution is -0.121. The first-order valence-corrected chi connectivity index (χ1v) is 9.10. The zero-order valence-electron chi connectivity index (χ0n) is 15.3. The lowest BCUT2D eigenvalue weighted by Crippen LogP contribution is -2.32. The van der Waals surface area contributed by atoms with E-state index in [0.29, 0.717) is 23.4 Å². The largest absolute Gasteiger partial charge is 0.356 e. The second-order valence-electron chi connectivity index (χ2n) is 6.63. The Balaban J connectivity index is 1.56. The van der Waals surface area contributed by atoms with E-state index in [1.54, 1.807) is 24.3 Å². The molecule has 1 amide bonds. The molecule has 0 spiro atoms. The summed E-state index contributed by atoms with van der Waals surface area (Å²) in [5, 5.41) is 3.35. The first-order valence-electron chi connectivity index (χ1n) is 9.10. The standard InChI is InChI=1S/C21H23N3O3/c1-15(16-7-3-2-4-8-16)11-13-22-19(25)12-14-24-18-10-6-5-9-17(18)20(26)23-21(24)27/h2-10,15H,11-14H2,1H3,(H,22,25)(H,23,26,27). The summed E-state index contributed by atoms with van der Waals surface area (Å²) in [6, 6.07) is 17.1. The SMILES string of the molecule is CC(CCNC(=O)CCn1c(=O)[nH]c(=O)c2ccccc21)c1ccccc1. The highest BCUT2D eigenvalue weighted by molar-refractivity contribution is 5.78. The van der Waals surface area contributed by atoms with Gasteiger partial charge in [0.05, 0.1) is 10.9 Å². The van der Waals surface area contributed by atoms with Gasteiger partial charge in [-0.05, 0) is 30.0 Å². The van der Waals surface area contributed by atoms with Crippen LogP contribution in [0, 0.1) is 0 Å². The van der Waals surface area contributed by atoms with Gasteiger partial charge in [-0.3, -0.25) is 19.1 Å². The van der Waals surface area contributed by atoms with Crippen molar-refractivity contribution in [3.05, 3.63) is 81.0 Å². The number of rotatable bonds is 7. The van der Waals surface area contributed by atoms with Crippen molar-refractivity contribution in [2.24, 2.45) is 0 Å². The van der Waals surface area contributed by atoms with E-state index < -0.39 is 11.2 Å². The van der Waals surface area contributed by atoms with Crippen LogP contribution >= 0.6 is 0 Å². The Morgan fingerprint density at radius 1 is 1.07 bits per heavy atom. The first kappa shape index (κ1) is 18.6. The van der Waals surface area contributed by atoms with Gasteiger partial charge in [0, 0.05) is 19.5 Å². The summed E-state index contributed by atoms with van der Waals surface area (Å²) in [6.45, 7) is 2.93. The van der Waals surface area contributed by atoms with Gasteiger partial charge < -0.3 is 5.32 Å². The Morgan fingerprint density at radius 3 is 2.56 bits per heavy atom. The van der Waals surface area contributed by atoms with Gasteiger partial charge in [-0.1, -0.05) is 49.4 Å².